The van der Waals surface area contributed by atoms with Gasteiger partial charge in [-0.15, -0.1) is 0 Å². The van der Waals surface area contributed by atoms with Crippen LogP contribution in [-0.4, -0.2) is 11.1 Å². The smallest absolute Gasteiger partial charge is 0.136 e. The first-order chi connectivity index (χ1) is 3.68. The van der Waals surface area contributed by atoms with Crippen molar-refractivity contribution >= 4 is 21.7 Å². The maximum atomic E-state index is 10.7. The summed E-state index contributed by atoms with van der Waals surface area (Å²) in [6.07, 6.45) is 0.664. The fraction of sp³-hybridized carbons (Fsp3) is 0.833. The Kier molecular flexibility index (Phi) is 4.15. The molecular weight excluding hydrogens is 168 g/mol. The maximum Gasteiger partial charge on any atom is 0.136 e. The van der Waals surface area contributed by atoms with Gasteiger partial charge in [0.1, 0.15) is 5.78 Å². The van der Waals surface area contributed by atoms with Gasteiger partial charge in [0.2, 0.25) is 0 Å². The lowest BCUT2D eigenvalue weighted by Crippen LogP contribution is -2.06. The monoisotopic (exact) mass is 178 g/mol. The molecule has 0 N–H and O–H groups in total. The van der Waals surface area contributed by atoms with E-state index in [0.29, 0.717) is 12.2 Å². The molecule has 0 aromatic rings. The Morgan fingerprint density at radius 1 is 1.62 bits per heavy atom. The number of halogens is 1. The number of alkyl halides is 1. The predicted octanol–water partition coefficient (Wildman–Crippen LogP) is 2.00. The van der Waals surface area contributed by atoms with Gasteiger partial charge in [-0.05, 0) is 0 Å². The Hall–Kier alpha value is 0.150. The minimum atomic E-state index is 0.201. The average molecular weight is 179 g/mol. The lowest BCUT2D eigenvalue weighted by atomic mass is 10.1. The largest absolute Gasteiger partial charge is 0.299 e. The van der Waals surface area contributed by atoms with Crippen molar-refractivity contribution < 1.29 is 4.79 Å². The predicted molar refractivity (Wildman–Crippen MR) is 38.3 cm³/mol. The standard InChI is InChI=1S/C6H11BrO/c1-5(2)6(8)3-4-7/h5H,3-4H2,1-2H3. The van der Waals surface area contributed by atoms with E-state index in [-0.39, 0.29) is 5.92 Å². The van der Waals surface area contributed by atoms with Crippen LogP contribution in [0.5, 0.6) is 0 Å². The van der Waals surface area contributed by atoms with E-state index >= 15 is 0 Å². The minimum absolute atomic E-state index is 0.201. The molecule has 0 saturated heterocycles. The van der Waals surface area contributed by atoms with Crippen LogP contribution in [0, 0.1) is 5.92 Å². The number of hydrogen-bond donors (Lipinski definition) is 0. The van der Waals surface area contributed by atoms with Crippen molar-refractivity contribution in [1.29, 1.82) is 0 Å². The molecule has 0 aromatic heterocycles. The molecule has 0 aliphatic carbocycles. The molecule has 0 fully saturated rings. The number of Topliss-reactive ketones (excluding diaryl/α,β-unsaturated/α-hetero) is 1. The Morgan fingerprint density at radius 2 is 2.12 bits per heavy atom. The van der Waals surface area contributed by atoms with Crippen LogP contribution in [0.25, 0.3) is 0 Å². The van der Waals surface area contributed by atoms with Gasteiger partial charge in [0.25, 0.3) is 0 Å². The molecule has 8 heavy (non-hydrogen) atoms. The normalized spacial score (nSPS) is 10.0. The van der Waals surface area contributed by atoms with Gasteiger partial charge in [-0.3, -0.25) is 4.79 Å². The molecule has 0 aliphatic heterocycles. The number of carbonyl (C=O) groups excluding carboxylic acids is 1. The van der Waals surface area contributed by atoms with Crippen molar-refractivity contribution in [3.8, 4) is 0 Å². The average Bonchev–Trinajstić information content (AvgIpc) is 1.67. The molecule has 0 rings (SSSR count). The highest BCUT2D eigenvalue weighted by Crippen LogP contribution is 1.99. The highest BCUT2D eigenvalue weighted by Gasteiger charge is 2.03. The van der Waals surface area contributed by atoms with Gasteiger partial charge in [-0.25, -0.2) is 0 Å². The third-order valence-electron chi connectivity index (χ3n) is 0.985. The van der Waals surface area contributed by atoms with Crippen LogP contribution < -0.4 is 0 Å². The third kappa shape index (κ3) is 3.19. The van der Waals surface area contributed by atoms with Crippen molar-refractivity contribution in [2.45, 2.75) is 20.3 Å². The third-order valence-corrected chi connectivity index (χ3v) is 1.38. The molecule has 0 spiro atoms. The topological polar surface area (TPSA) is 17.1 Å². The summed E-state index contributed by atoms with van der Waals surface area (Å²) in [5, 5.41) is 0.796. The zero-order valence-electron chi connectivity index (χ0n) is 5.28. The SMILES string of the molecule is CC(C)C(=O)CCBr. The van der Waals surface area contributed by atoms with Gasteiger partial charge in [0, 0.05) is 17.7 Å². The van der Waals surface area contributed by atoms with E-state index in [0.717, 1.165) is 5.33 Å². The van der Waals surface area contributed by atoms with E-state index in [4.69, 9.17) is 0 Å². The van der Waals surface area contributed by atoms with Crippen molar-refractivity contribution in [2.24, 2.45) is 5.92 Å². The lowest BCUT2D eigenvalue weighted by Gasteiger charge is -1.98. The van der Waals surface area contributed by atoms with Crippen LogP contribution in [0.1, 0.15) is 20.3 Å². The molecule has 0 amide bonds. The maximum absolute atomic E-state index is 10.7. The van der Waals surface area contributed by atoms with E-state index in [2.05, 4.69) is 15.9 Å². The molecular formula is C6H11BrO. The van der Waals surface area contributed by atoms with Crippen LogP contribution in [0.4, 0.5) is 0 Å². The molecule has 0 saturated carbocycles. The van der Waals surface area contributed by atoms with Crippen LogP contribution in [0.15, 0.2) is 0 Å². The number of carbonyl (C=O) groups is 1. The van der Waals surface area contributed by atoms with Crippen LogP contribution in [0.3, 0.4) is 0 Å². The number of ketones is 1. The van der Waals surface area contributed by atoms with E-state index < -0.39 is 0 Å². The van der Waals surface area contributed by atoms with Crippen LogP contribution >= 0.6 is 15.9 Å². The van der Waals surface area contributed by atoms with Gasteiger partial charge in [0.15, 0.2) is 0 Å². The summed E-state index contributed by atoms with van der Waals surface area (Å²) < 4.78 is 0. The fourth-order valence-electron chi connectivity index (χ4n) is 0.382. The van der Waals surface area contributed by atoms with E-state index in [9.17, 15) is 4.79 Å². The highest BCUT2D eigenvalue weighted by molar-refractivity contribution is 9.09. The zero-order chi connectivity index (χ0) is 6.57. The van der Waals surface area contributed by atoms with Gasteiger partial charge < -0.3 is 0 Å². The van der Waals surface area contributed by atoms with E-state index in [1.54, 1.807) is 0 Å². The number of hydrogen-bond acceptors (Lipinski definition) is 1. The van der Waals surface area contributed by atoms with Gasteiger partial charge in [0.05, 0.1) is 0 Å². The van der Waals surface area contributed by atoms with Gasteiger partial charge in [-0.2, -0.15) is 0 Å². The van der Waals surface area contributed by atoms with E-state index in [1.165, 1.54) is 0 Å². The molecule has 0 atom stereocenters. The van der Waals surface area contributed by atoms with Gasteiger partial charge in [-0.1, -0.05) is 29.8 Å². The van der Waals surface area contributed by atoms with Crippen molar-refractivity contribution in [3.05, 3.63) is 0 Å². The van der Waals surface area contributed by atoms with Gasteiger partial charge >= 0.3 is 0 Å². The molecule has 1 nitrogen and oxygen atoms in total. The summed E-state index contributed by atoms with van der Waals surface area (Å²) >= 11 is 3.20. The molecule has 0 bridgehead atoms. The lowest BCUT2D eigenvalue weighted by molar-refractivity contribution is -0.121. The molecule has 0 aromatic carbocycles. The van der Waals surface area contributed by atoms with Crippen LogP contribution in [-0.2, 0) is 4.79 Å². The first kappa shape index (κ1) is 8.15. The molecule has 0 radical (unpaired) electrons. The number of rotatable bonds is 3. The first-order valence-corrected chi connectivity index (χ1v) is 3.89. The zero-order valence-corrected chi connectivity index (χ0v) is 6.86. The quantitative estimate of drug-likeness (QED) is 0.605. The summed E-state index contributed by atoms with van der Waals surface area (Å²) in [6, 6.07) is 0. The summed E-state index contributed by atoms with van der Waals surface area (Å²) in [5.41, 5.74) is 0. The van der Waals surface area contributed by atoms with Crippen molar-refractivity contribution in [2.75, 3.05) is 5.33 Å². The first-order valence-electron chi connectivity index (χ1n) is 2.77. The molecule has 0 heterocycles. The van der Waals surface area contributed by atoms with E-state index in [1.807, 2.05) is 13.8 Å². The Morgan fingerprint density at radius 3 is 2.25 bits per heavy atom. The molecule has 2 heteroatoms. The van der Waals surface area contributed by atoms with Crippen LogP contribution in [0.2, 0.25) is 0 Å². The Balaban J connectivity index is 3.33. The molecule has 0 unspecified atom stereocenters. The Bertz CT molecular complexity index is 78.6. The Labute approximate surface area is 58.6 Å². The summed E-state index contributed by atoms with van der Waals surface area (Å²) in [7, 11) is 0. The highest BCUT2D eigenvalue weighted by atomic mass is 79.9. The second-order valence-corrected chi connectivity index (χ2v) is 2.85. The molecule has 48 valence electrons. The summed E-state index contributed by atoms with van der Waals surface area (Å²) in [5.74, 6) is 0.537. The minimum Gasteiger partial charge on any atom is -0.299 e. The fourth-order valence-corrected chi connectivity index (χ4v) is 0.773. The second kappa shape index (κ2) is 4.07. The van der Waals surface area contributed by atoms with Crippen molar-refractivity contribution in [3.63, 3.8) is 0 Å². The summed E-state index contributed by atoms with van der Waals surface area (Å²) in [6.45, 7) is 3.84. The molecule has 0 aliphatic rings. The second-order valence-electron chi connectivity index (χ2n) is 2.06. The summed E-state index contributed by atoms with van der Waals surface area (Å²) in [4.78, 5) is 10.7. The van der Waals surface area contributed by atoms with Crippen molar-refractivity contribution in [1.82, 2.24) is 0 Å².